The van der Waals surface area contributed by atoms with Gasteiger partial charge in [-0.05, 0) is 10.8 Å². The van der Waals surface area contributed by atoms with Gasteiger partial charge in [-0.1, -0.05) is 36.9 Å². The lowest BCUT2D eigenvalue weighted by Gasteiger charge is -2.35. The van der Waals surface area contributed by atoms with Crippen molar-refractivity contribution < 1.29 is 13.6 Å². The second-order valence-electron chi connectivity index (χ2n) is 4.88. The predicted molar refractivity (Wildman–Crippen MR) is 83.2 cm³/mol. The first-order valence-corrected chi connectivity index (χ1v) is 8.90. The topological polar surface area (TPSA) is 30.9 Å². The van der Waals surface area contributed by atoms with Crippen LogP contribution in [0, 0.1) is 0 Å². The normalized spacial score (nSPS) is 17.1. The first kappa shape index (κ1) is 15.4. The van der Waals surface area contributed by atoms with Crippen molar-refractivity contribution in [1.82, 2.24) is 4.90 Å². The summed E-state index contributed by atoms with van der Waals surface area (Å²) in [5.41, 5.74) is 1.11. The molecule has 1 aliphatic rings. The molecule has 1 fully saturated rings. The Kier molecular flexibility index (Phi) is 5.51. The molecule has 1 aromatic rings. The van der Waals surface area contributed by atoms with Gasteiger partial charge in [-0.25, -0.2) is 0 Å². The molecule has 0 aromatic heterocycles. The Hall–Kier alpha value is -0.983. The summed E-state index contributed by atoms with van der Waals surface area (Å²) in [4.78, 5) is 2.37. The summed E-state index contributed by atoms with van der Waals surface area (Å²) >= 11 is 0. The minimum absolute atomic E-state index is 0.785. The van der Waals surface area contributed by atoms with Gasteiger partial charge in [-0.2, -0.15) is 0 Å². The Morgan fingerprint density at radius 1 is 1.20 bits per heavy atom. The number of ether oxygens (including phenoxy) is 1. The zero-order valence-electron chi connectivity index (χ0n) is 12.3. The smallest absolute Gasteiger partial charge is 0.386 e. The van der Waals surface area contributed by atoms with E-state index < -0.39 is 8.56 Å². The molecule has 0 aliphatic carbocycles. The molecule has 2 rings (SSSR count). The molecule has 1 aromatic carbocycles. The largest absolute Gasteiger partial charge is 0.394 e. The molecule has 1 saturated heterocycles. The van der Waals surface area contributed by atoms with Gasteiger partial charge in [0.25, 0.3) is 0 Å². The van der Waals surface area contributed by atoms with Crippen molar-refractivity contribution in [3.05, 3.63) is 36.4 Å². The van der Waals surface area contributed by atoms with Crippen LogP contribution in [0.4, 0.5) is 0 Å². The summed E-state index contributed by atoms with van der Waals surface area (Å²) in [6, 6.07) is 8.30. The average Bonchev–Trinajstić information content (AvgIpc) is 2.54. The van der Waals surface area contributed by atoms with E-state index in [9.17, 15) is 0 Å². The molecule has 0 radical (unpaired) electrons. The third-order valence-corrected chi connectivity index (χ3v) is 7.18. The fourth-order valence-corrected chi connectivity index (χ4v) is 5.12. The van der Waals surface area contributed by atoms with Crippen LogP contribution in [0.2, 0.25) is 0 Å². The van der Waals surface area contributed by atoms with Gasteiger partial charge in [0.2, 0.25) is 0 Å². The van der Waals surface area contributed by atoms with E-state index in [0.717, 1.165) is 43.2 Å². The molecule has 1 aliphatic heterocycles. The standard InChI is InChI=1S/C15H23NO3Si/c1-4-14-5-7-15(8-6-14)20(17-2,18-3)13-16-9-11-19-12-10-16/h4-8H,1,9-13H2,2-3H3. The van der Waals surface area contributed by atoms with Crippen LogP contribution in [-0.2, 0) is 13.6 Å². The lowest BCUT2D eigenvalue weighted by Crippen LogP contribution is -2.61. The summed E-state index contributed by atoms with van der Waals surface area (Å²) in [5.74, 6) is 0. The first-order valence-electron chi connectivity index (χ1n) is 6.87. The van der Waals surface area contributed by atoms with Gasteiger partial charge >= 0.3 is 8.56 Å². The minimum atomic E-state index is -2.41. The van der Waals surface area contributed by atoms with Gasteiger partial charge in [0.1, 0.15) is 0 Å². The fraction of sp³-hybridized carbons (Fsp3) is 0.467. The van der Waals surface area contributed by atoms with Gasteiger partial charge in [0.05, 0.1) is 13.2 Å². The lowest BCUT2D eigenvalue weighted by atomic mass is 10.2. The Morgan fingerprint density at radius 3 is 2.30 bits per heavy atom. The van der Waals surface area contributed by atoms with Gasteiger partial charge < -0.3 is 13.6 Å². The van der Waals surface area contributed by atoms with Gasteiger partial charge in [0.15, 0.2) is 0 Å². The monoisotopic (exact) mass is 293 g/mol. The lowest BCUT2D eigenvalue weighted by molar-refractivity contribution is 0.0406. The molecule has 0 amide bonds. The maximum absolute atomic E-state index is 5.86. The summed E-state index contributed by atoms with van der Waals surface area (Å²) in [5, 5.41) is 1.15. The Morgan fingerprint density at radius 2 is 1.80 bits per heavy atom. The molecule has 0 saturated carbocycles. The molecule has 20 heavy (non-hydrogen) atoms. The highest BCUT2D eigenvalue weighted by molar-refractivity contribution is 6.81. The number of hydrogen-bond acceptors (Lipinski definition) is 4. The molecule has 1 heterocycles. The first-order chi connectivity index (χ1) is 9.74. The molecule has 110 valence electrons. The Balaban J connectivity index is 2.19. The molecular weight excluding hydrogens is 270 g/mol. The highest BCUT2D eigenvalue weighted by Crippen LogP contribution is 2.12. The molecule has 0 spiro atoms. The molecule has 5 heteroatoms. The van der Waals surface area contributed by atoms with Crippen LogP contribution in [0.3, 0.4) is 0 Å². The van der Waals surface area contributed by atoms with E-state index in [0.29, 0.717) is 0 Å². The van der Waals surface area contributed by atoms with Crippen LogP contribution in [0.15, 0.2) is 30.8 Å². The quantitative estimate of drug-likeness (QED) is 0.736. The molecule has 0 bridgehead atoms. The van der Waals surface area contributed by atoms with Crippen molar-refractivity contribution in [1.29, 1.82) is 0 Å². The van der Waals surface area contributed by atoms with Gasteiger partial charge in [0, 0.05) is 33.5 Å². The van der Waals surface area contributed by atoms with Crippen LogP contribution in [-0.4, -0.2) is 60.2 Å². The maximum atomic E-state index is 5.86. The molecule has 0 atom stereocenters. The van der Waals surface area contributed by atoms with E-state index >= 15 is 0 Å². The Labute approximate surface area is 122 Å². The number of nitrogens with zero attached hydrogens (tertiary/aromatic N) is 1. The zero-order chi connectivity index (χ0) is 14.4. The molecule has 0 unspecified atom stereocenters. The summed E-state index contributed by atoms with van der Waals surface area (Å²) in [6.07, 6.45) is 2.67. The Bertz CT molecular complexity index is 425. The van der Waals surface area contributed by atoms with Crippen molar-refractivity contribution in [2.45, 2.75) is 0 Å². The van der Waals surface area contributed by atoms with Crippen LogP contribution in [0.1, 0.15) is 5.56 Å². The zero-order valence-corrected chi connectivity index (χ0v) is 13.3. The summed E-state index contributed by atoms with van der Waals surface area (Å²) < 4.78 is 17.1. The highest BCUT2D eigenvalue weighted by atomic mass is 28.4. The molecular formula is C15H23NO3Si. The van der Waals surface area contributed by atoms with Gasteiger partial charge in [-0.15, -0.1) is 0 Å². The number of benzene rings is 1. The average molecular weight is 293 g/mol. The van der Waals surface area contributed by atoms with Crippen LogP contribution in [0.25, 0.3) is 6.08 Å². The van der Waals surface area contributed by atoms with Crippen LogP contribution >= 0.6 is 0 Å². The second kappa shape index (κ2) is 7.15. The van der Waals surface area contributed by atoms with Crippen molar-refractivity contribution in [3.63, 3.8) is 0 Å². The summed E-state index contributed by atoms with van der Waals surface area (Å²) in [6.45, 7) is 7.23. The van der Waals surface area contributed by atoms with Crippen LogP contribution in [0.5, 0.6) is 0 Å². The number of rotatable bonds is 6. The minimum Gasteiger partial charge on any atom is -0.394 e. The van der Waals surface area contributed by atoms with Crippen molar-refractivity contribution in [3.8, 4) is 0 Å². The fourth-order valence-electron chi connectivity index (χ4n) is 2.47. The van der Waals surface area contributed by atoms with E-state index in [1.54, 1.807) is 14.2 Å². The van der Waals surface area contributed by atoms with E-state index in [1.807, 2.05) is 6.08 Å². The predicted octanol–water partition coefficient (Wildman–Crippen LogP) is 1.14. The second-order valence-corrected chi connectivity index (χ2v) is 8.09. The third kappa shape index (κ3) is 3.37. The van der Waals surface area contributed by atoms with E-state index in [1.165, 1.54) is 0 Å². The van der Waals surface area contributed by atoms with Gasteiger partial charge in [-0.3, -0.25) is 4.90 Å². The highest BCUT2D eigenvalue weighted by Gasteiger charge is 2.40. The van der Waals surface area contributed by atoms with Crippen molar-refractivity contribution in [2.24, 2.45) is 0 Å². The van der Waals surface area contributed by atoms with E-state index in [-0.39, 0.29) is 0 Å². The third-order valence-electron chi connectivity index (χ3n) is 3.78. The van der Waals surface area contributed by atoms with Crippen LogP contribution < -0.4 is 5.19 Å². The number of hydrogen-bond donors (Lipinski definition) is 0. The van der Waals surface area contributed by atoms with Crippen molar-refractivity contribution in [2.75, 3.05) is 46.7 Å². The maximum Gasteiger partial charge on any atom is 0.386 e. The molecule has 0 N–H and O–H groups in total. The van der Waals surface area contributed by atoms with E-state index in [4.69, 9.17) is 13.6 Å². The number of morpholine rings is 1. The summed E-state index contributed by atoms with van der Waals surface area (Å²) in [7, 11) is 1.09. The van der Waals surface area contributed by atoms with Crippen molar-refractivity contribution >= 4 is 19.8 Å². The van der Waals surface area contributed by atoms with E-state index in [2.05, 4.69) is 35.7 Å². The molecule has 4 nitrogen and oxygen atoms in total. The SMILES string of the molecule is C=Cc1ccc([Si](CN2CCOCC2)(OC)OC)cc1.